The molecular weight excluding hydrogens is 353 g/mol. The van der Waals surface area contributed by atoms with E-state index in [9.17, 15) is 4.79 Å². The molecule has 1 aliphatic rings. The van der Waals surface area contributed by atoms with E-state index >= 15 is 0 Å². The van der Waals surface area contributed by atoms with E-state index in [1.807, 2.05) is 6.07 Å². The number of H-pyrrole nitrogens is 1. The van der Waals surface area contributed by atoms with Crippen molar-refractivity contribution in [3.8, 4) is 0 Å². The zero-order valence-corrected chi connectivity index (χ0v) is 15.0. The summed E-state index contributed by atoms with van der Waals surface area (Å²) < 4.78 is 0. The molecular formula is C16H17Cl2N3OS. The van der Waals surface area contributed by atoms with E-state index in [0.29, 0.717) is 20.9 Å². The van der Waals surface area contributed by atoms with Gasteiger partial charge in [-0.2, -0.15) is 0 Å². The molecule has 0 atom stereocenters. The van der Waals surface area contributed by atoms with Crippen molar-refractivity contribution in [1.82, 2.24) is 9.97 Å². The topological polar surface area (TPSA) is 49.0 Å². The monoisotopic (exact) mass is 369 g/mol. The van der Waals surface area contributed by atoms with Crippen molar-refractivity contribution in [2.24, 2.45) is 5.92 Å². The molecule has 0 unspecified atom stereocenters. The van der Waals surface area contributed by atoms with Gasteiger partial charge in [0.1, 0.15) is 0 Å². The minimum atomic E-state index is -0.158. The molecule has 1 aromatic heterocycles. The van der Waals surface area contributed by atoms with Gasteiger partial charge in [0.15, 0.2) is 0 Å². The van der Waals surface area contributed by atoms with Gasteiger partial charge in [-0.15, -0.1) is 0 Å². The highest BCUT2D eigenvalue weighted by atomic mass is 35.5. The molecule has 1 fully saturated rings. The summed E-state index contributed by atoms with van der Waals surface area (Å²) >= 11 is 13.4. The molecule has 2 heterocycles. The number of aromatic nitrogens is 2. The second-order valence-electron chi connectivity index (χ2n) is 5.72. The Morgan fingerprint density at radius 1 is 1.26 bits per heavy atom. The number of halogens is 2. The number of aromatic amines is 1. The highest BCUT2D eigenvalue weighted by molar-refractivity contribution is 7.99. The molecule has 4 nitrogen and oxygen atoms in total. The van der Waals surface area contributed by atoms with E-state index in [2.05, 4.69) is 21.8 Å². The Kier molecular flexibility index (Phi) is 5.19. The third-order valence-corrected chi connectivity index (χ3v) is 5.97. The number of hydrogen-bond donors (Lipinski definition) is 1. The summed E-state index contributed by atoms with van der Waals surface area (Å²) in [5, 5.41) is 0.924. The molecule has 1 saturated heterocycles. The number of anilines is 1. The fraction of sp³-hybridized carbons (Fsp3) is 0.375. The summed E-state index contributed by atoms with van der Waals surface area (Å²) in [4.78, 5) is 23.0. The van der Waals surface area contributed by atoms with Crippen LogP contribution in [0.5, 0.6) is 0 Å². The molecule has 7 heteroatoms. The quantitative estimate of drug-likeness (QED) is 0.867. The third-order valence-electron chi connectivity index (χ3n) is 3.97. The predicted octanol–water partition coefficient (Wildman–Crippen LogP) is 4.46. The zero-order valence-electron chi connectivity index (χ0n) is 12.7. The van der Waals surface area contributed by atoms with Crippen LogP contribution in [0.25, 0.3) is 0 Å². The molecule has 23 heavy (non-hydrogen) atoms. The lowest BCUT2D eigenvalue weighted by Gasteiger charge is -2.30. The second kappa shape index (κ2) is 7.16. The highest BCUT2D eigenvalue weighted by Crippen LogP contribution is 2.35. The van der Waals surface area contributed by atoms with Gasteiger partial charge in [0.05, 0.1) is 21.1 Å². The summed E-state index contributed by atoms with van der Waals surface area (Å²) in [5.41, 5.74) is -0.158. The van der Waals surface area contributed by atoms with E-state index in [1.54, 1.807) is 18.3 Å². The van der Waals surface area contributed by atoms with Gasteiger partial charge in [-0.3, -0.25) is 9.78 Å². The van der Waals surface area contributed by atoms with Crippen molar-refractivity contribution in [1.29, 1.82) is 0 Å². The van der Waals surface area contributed by atoms with E-state index in [0.717, 1.165) is 36.7 Å². The maximum atomic E-state index is 12.3. The molecule has 3 rings (SSSR count). The maximum Gasteiger partial charge on any atom is 0.266 e. The average Bonchev–Trinajstić information content (AvgIpc) is 2.54. The van der Waals surface area contributed by atoms with Crippen LogP contribution in [0.15, 0.2) is 39.0 Å². The van der Waals surface area contributed by atoms with Gasteiger partial charge >= 0.3 is 0 Å². The van der Waals surface area contributed by atoms with Gasteiger partial charge in [0.2, 0.25) is 5.95 Å². The Balaban J connectivity index is 1.80. The highest BCUT2D eigenvalue weighted by Gasteiger charge is 2.18. The van der Waals surface area contributed by atoms with E-state index in [-0.39, 0.29) is 5.56 Å². The van der Waals surface area contributed by atoms with Crippen LogP contribution in [0.1, 0.15) is 19.8 Å². The summed E-state index contributed by atoms with van der Waals surface area (Å²) in [5.74, 6) is 1.38. The van der Waals surface area contributed by atoms with Crippen molar-refractivity contribution >= 4 is 40.9 Å². The smallest absolute Gasteiger partial charge is 0.266 e. The Morgan fingerprint density at radius 3 is 2.70 bits per heavy atom. The first-order chi connectivity index (χ1) is 11.0. The van der Waals surface area contributed by atoms with Gasteiger partial charge in [-0.25, -0.2) is 4.98 Å². The predicted molar refractivity (Wildman–Crippen MR) is 96.1 cm³/mol. The van der Waals surface area contributed by atoms with Crippen molar-refractivity contribution in [2.75, 3.05) is 18.0 Å². The lowest BCUT2D eigenvalue weighted by Crippen LogP contribution is -2.35. The molecule has 1 aliphatic heterocycles. The van der Waals surface area contributed by atoms with Crippen LogP contribution in [0.4, 0.5) is 5.95 Å². The van der Waals surface area contributed by atoms with Gasteiger partial charge in [-0.1, -0.05) is 48.0 Å². The van der Waals surface area contributed by atoms with Crippen LogP contribution < -0.4 is 10.5 Å². The molecule has 0 amide bonds. The molecule has 0 bridgehead atoms. The summed E-state index contributed by atoms with van der Waals surface area (Å²) in [6, 6.07) is 5.36. The molecule has 0 spiro atoms. The standard InChI is InChI=1S/C16H17Cl2N3OS/c1-10-5-7-21(8-6-10)16-19-9-13(15(22)20-16)23-12-4-2-3-11(17)14(12)18/h2-4,9-10H,5-8H2,1H3,(H,19,20,22). The number of piperidine rings is 1. The largest absolute Gasteiger partial charge is 0.342 e. The van der Waals surface area contributed by atoms with Crippen LogP contribution >= 0.6 is 35.0 Å². The van der Waals surface area contributed by atoms with Crippen LogP contribution in [-0.2, 0) is 0 Å². The zero-order chi connectivity index (χ0) is 16.4. The molecule has 0 aliphatic carbocycles. The normalized spacial score (nSPS) is 15.9. The van der Waals surface area contributed by atoms with Gasteiger partial charge < -0.3 is 4.90 Å². The molecule has 0 saturated carbocycles. The van der Waals surface area contributed by atoms with Crippen molar-refractivity contribution < 1.29 is 0 Å². The molecule has 0 radical (unpaired) electrons. The number of hydrogen-bond acceptors (Lipinski definition) is 4. The van der Waals surface area contributed by atoms with Crippen molar-refractivity contribution in [3.05, 3.63) is 44.8 Å². The lowest BCUT2D eigenvalue weighted by atomic mass is 10.00. The fourth-order valence-electron chi connectivity index (χ4n) is 2.51. The summed E-state index contributed by atoms with van der Waals surface area (Å²) in [6.07, 6.45) is 3.85. The number of nitrogens with zero attached hydrogens (tertiary/aromatic N) is 2. The van der Waals surface area contributed by atoms with Crippen LogP contribution in [-0.4, -0.2) is 23.1 Å². The fourth-order valence-corrected chi connectivity index (χ4v) is 3.81. The Bertz CT molecular complexity index is 757. The molecule has 2 aromatic rings. The minimum Gasteiger partial charge on any atom is -0.342 e. The van der Waals surface area contributed by atoms with E-state index in [1.165, 1.54) is 11.8 Å². The van der Waals surface area contributed by atoms with E-state index < -0.39 is 0 Å². The van der Waals surface area contributed by atoms with Crippen LogP contribution in [0.2, 0.25) is 10.0 Å². The molecule has 1 N–H and O–H groups in total. The number of benzene rings is 1. The van der Waals surface area contributed by atoms with Crippen molar-refractivity contribution in [2.45, 2.75) is 29.6 Å². The first kappa shape index (κ1) is 16.7. The molecule has 1 aromatic carbocycles. The van der Waals surface area contributed by atoms with Gasteiger partial charge in [-0.05, 0) is 30.9 Å². The molecule has 122 valence electrons. The van der Waals surface area contributed by atoms with Gasteiger partial charge in [0, 0.05) is 18.0 Å². The Labute approximate surface area is 149 Å². The first-order valence-electron chi connectivity index (χ1n) is 7.50. The van der Waals surface area contributed by atoms with E-state index in [4.69, 9.17) is 23.2 Å². The SMILES string of the molecule is CC1CCN(c2ncc(Sc3cccc(Cl)c3Cl)c(=O)[nH]2)CC1. The van der Waals surface area contributed by atoms with Crippen molar-refractivity contribution in [3.63, 3.8) is 0 Å². The van der Waals surface area contributed by atoms with Crippen LogP contribution in [0.3, 0.4) is 0 Å². The number of rotatable bonds is 3. The maximum absolute atomic E-state index is 12.3. The summed E-state index contributed by atoms with van der Waals surface area (Å²) in [6.45, 7) is 4.11. The van der Waals surface area contributed by atoms with Gasteiger partial charge in [0.25, 0.3) is 5.56 Å². The van der Waals surface area contributed by atoms with Crippen LogP contribution in [0, 0.1) is 5.92 Å². The lowest BCUT2D eigenvalue weighted by molar-refractivity contribution is 0.434. The minimum absolute atomic E-state index is 0.158. The average molecular weight is 370 g/mol. The third kappa shape index (κ3) is 3.84. The number of nitrogens with one attached hydrogen (secondary N) is 1. The Morgan fingerprint density at radius 2 is 2.00 bits per heavy atom. The Hall–Kier alpha value is -1.17. The second-order valence-corrected chi connectivity index (χ2v) is 7.59. The summed E-state index contributed by atoms with van der Waals surface area (Å²) in [7, 11) is 0. The first-order valence-corrected chi connectivity index (χ1v) is 9.08.